The number of hydrogen-bond donors (Lipinski definition) is 1. The van der Waals surface area contributed by atoms with E-state index in [4.69, 9.17) is 4.74 Å². The molecule has 0 fully saturated rings. The highest BCUT2D eigenvalue weighted by Gasteiger charge is 2.09. The van der Waals surface area contributed by atoms with Crippen LogP contribution in [0.15, 0.2) is 48.8 Å². The second-order valence-corrected chi connectivity index (χ2v) is 4.44. The molecule has 2 aromatic heterocycles. The molecule has 0 aliphatic rings. The van der Waals surface area contributed by atoms with E-state index in [1.807, 2.05) is 42.7 Å². The summed E-state index contributed by atoms with van der Waals surface area (Å²) in [6, 6.07) is 12.2. The van der Waals surface area contributed by atoms with Gasteiger partial charge < -0.3 is 9.72 Å². The highest BCUT2D eigenvalue weighted by Crippen LogP contribution is 2.33. The molecule has 0 saturated carbocycles. The second-order valence-electron chi connectivity index (χ2n) is 4.44. The van der Waals surface area contributed by atoms with Gasteiger partial charge in [-0.25, -0.2) is 4.98 Å². The van der Waals surface area contributed by atoms with Crippen LogP contribution in [0.4, 0.5) is 0 Å². The van der Waals surface area contributed by atoms with E-state index in [9.17, 15) is 0 Å². The van der Waals surface area contributed by atoms with E-state index in [2.05, 4.69) is 23.0 Å². The minimum absolute atomic E-state index is 0.735. The number of hydrogen-bond acceptors (Lipinski definition) is 2. The van der Waals surface area contributed by atoms with Gasteiger partial charge >= 0.3 is 0 Å². The van der Waals surface area contributed by atoms with Crippen LogP contribution in [0.3, 0.4) is 0 Å². The Morgan fingerprint density at radius 2 is 2.00 bits per heavy atom. The molecule has 0 spiro atoms. The second kappa shape index (κ2) is 5.14. The number of pyridine rings is 1. The van der Waals surface area contributed by atoms with Crippen molar-refractivity contribution in [2.45, 2.75) is 13.3 Å². The Bertz CT molecular complexity index is 688. The molecule has 0 bridgehead atoms. The largest absolute Gasteiger partial charge is 0.493 e. The van der Waals surface area contributed by atoms with E-state index in [1.165, 1.54) is 0 Å². The van der Waals surface area contributed by atoms with Crippen molar-refractivity contribution in [2.75, 3.05) is 6.61 Å². The van der Waals surface area contributed by atoms with Gasteiger partial charge in [0.05, 0.1) is 6.61 Å². The minimum Gasteiger partial charge on any atom is -0.493 e. The molecule has 19 heavy (non-hydrogen) atoms. The van der Waals surface area contributed by atoms with Crippen LogP contribution < -0.4 is 4.74 Å². The molecule has 0 radical (unpaired) electrons. The zero-order valence-corrected chi connectivity index (χ0v) is 10.9. The Labute approximate surface area is 112 Å². The lowest BCUT2D eigenvalue weighted by Crippen LogP contribution is -1.97. The number of benzene rings is 1. The third-order valence-electron chi connectivity index (χ3n) is 3.10. The summed E-state index contributed by atoms with van der Waals surface area (Å²) in [5.41, 5.74) is 3.17. The average Bonchev–Trinajstić information content (AvgIpc) is 2.94. The summed E-state index contributed by atoms with van der Waals surface area (Å²) in [5, 5.41) is 1.12. The maximum atomic E-state index is 5.84. The van der Waals surface area contributed by atoms with Crippen LogP contribution in [-0.4, -0.2) is 16.6 Å². The molecule has 0 saturated heterocycles. The number of nitrogens with zero attached hydrogens (tertiary/aromatic N) is 1. The summed E-state index contributed by atoms with van der Waals surface area (Å²) in [6.07, 6.45) is 4.74. The molecule has 0 aliphatic carbocycles. The summed E-state index contributed by atoms with van der Waals surface area (Å²) >= 11 is 0. The summed E-state index contributed by atoms with van der Waals surface area (Å²) in [7, 11) is 0. The molecule has 0 amide bonds. The van der Waals surface area contributed by atoms with Crippen LogP contribution in [-0.2, 0) is 0 Å². The van der Waals surface area contributed by atoms with Crippen LogP contribution in [0, 0.1) is 0 Å². The maximum Gasteiger partial charge on any atom is 0.137 e. The first-order valence-electron chi connectivity index (χ1n) is 6.54. The van der Waals surface area contributed by atoms with E-state index < -0.39 is 0 Å². The van der Waals surface area contributed by atoms with Crippen molar-refractivity contribution < 1.29 is 4.74 Å². The molecule has 0 unspecified atom stereocenters. The maximum absolute atomic E-state index is 5.84. The lowest BCUT2D eigenvalue weighted by molar-refractivity contribution is 0.319. The van der Waals surface area contributed by atoms with Gasteiger partial charge in [0, 0.05) is 23.3 Å². The summed E-state index contributed by atoms with van der Waals surface area (Å²) in [6.45, 7) is 2.85. The highest BCUT2D eigenvalue weighted by molar-refractivity contribution is 5.94. The minimum atomic E-state index is 0.735. The first kappa shape index (κ1) is 11.8. The van der Waals surface area contributed by atoms with Crippen LogP contribution in [0.1, 0.15) is 13.3 Å². The van der Waals surface area contributed by atoms with Gasteiger partial charge in [0.1, 0.15) is 11.4 Å². The van der Waals surface area contributed by atoms with Gasteiger partial charge in [-0.05, 0) is 30.2 Å². The molecule has 3 nitrogen and oxygen atoms in total. The highest BCUT2D eigenvalue weighted by atomic mass is 16.5. The molecule has 1 N–H and O–H groups in total. The monoisotopic (exact) mass is 252 g/mol. The first-order chi connectivity index (χ1) is 9.40. The quantitative estimate of drug-likeness (QED) is 0.761. The topological polar surface area (TPSA) is 37.9 Å². The predicted molar refractivity (Wildman–Crippen MR) is 77.3 cm³/mol. The molecule has 3 aromatic rings. The Morgan fingerprint density at radius 1 is 1.11 bits per heavy atom. The molecule has 96 valence electrons. The molecule has 3 rings (SSSR count). The van der Waals surface area contributed by atoms with Crippen molar-refractivity contribution in [2.24, 2.45) is 0 Å². The van der Waals surface area contributed by atoms with Crippen molar-refractivity contribution >= 4 is 11.0 Å². The number of para-hydroxylation sites is 1. The molecule has 1 aromatic carbocycles. The van der Waals surface area contributed by atoms with Gasteiger partial charge in [-0.2, -0.15) is 0 Å². The number of ether oxygens (including phenoxy) is 1. The van der Waals surface area contributed by atoms with Crippen molar-refractivity contribution in [3.05, 3.63) is 48.8 Å². The normalized spacial score (nSPS) is 10.8. The molecule has 3 heteroatoms. The third-order valence-corrected chi connectivity index (χ3v) is 3.10. The molecular weight excluding hydrogens is 236 g/mol. The summed E-state index contributed by atoms with van der Waals surface area (Å²) in [5.74, 6) is 0.929. The molecule has 0 atom stereocenters. The Kier molecular flexibility index (Phi) is 3.19. The smallest absolute Gasteiger partial charge is 0.137 e. The van der Waals surface area contributed by atoms with Gasteiger partial charge in [0.15, 0.2) is 0 Å². The fraction of sp³-hybridized carbons (Fsp3) is 0.188. The first-order valence-corrected chi connectivity index (χ1v) is 6.54. The van der Waals surface area contributed by atoms with Gasteiger partial charge in [-0.3, -0.25) is 0 Å². The van der Waals surface area contributed by atoms with Crippen LogP contribution >= 0.6 is 0 Å². The Balaban J connectivity index is 2.13. The van der Waals surface area contributed by atoms with Crippen LogP contribution in [0.2, 0.25) is 0 Å². The fourth-order valence-electron chi connectivity index (χ4n) is 2.22. The van der Waals surface area contributed by atoms with Crippen LogP contribution in [0.25, 0.3) is 22.2 Å². The average molecular weight is 252 g/mol. The van der Waals surface area contributed by atoms with E-state index in [1.54, 1.807) is 0 Å². The van der Waals surface area contributed by atoms with Gasteiger partial charge in [0.25, 0.3) is 0 Å². The number of fused-ring (bicyclic) bond motifs is 1. The third kappa shape index (κ3) is 2.19. The van der Waals surface area contributed by atoms with E-state index in [0.717, 1.165) is 40.9 Å². The SMILES string of the molecule is CCCOc1ccccc1-c1ccnc2[nH]ccc12. The summed E-state index contributed by atoms with van der Waals surface area (Å²) in [4.78, 5) is 7.46. The van der Waals surface area contributed by atoms with Gasteiger partial charge in [-0.15, -0.1) is 0 Å². The van der Waals surface area contributed by atoms with Gasteiger partial charge in [0.2, 0.25) is 0 Å². The Hall–Kier alpha value is -2.29. The van der Waals surface area contributed by atoms with Crippen molar-refractivity contribution in [1.29, 1.82) is 0 Å². The van der Waals surface area contributed by atoms with Crippen molar-refractivity contribution in [3.8, 4) is 16.9 Å². The van der Waals surface area contributed by atoms with E-state index in [0.29, 0.717) is 0 Å². The molecule has 0 aliphatic heterocycles. The Morgan fingerprint density at radius 3 is 2.89 bits per heavy atom. The van der Waals surface area contributed by atoms with Crippen molar-refractivity contribution in [1.82, 2.24) is 9.97 Å². The zero-order valence-electron chi connectivity index (χ0n) is 10.9. The fourth-order valence-corrected chi connectivity index (χ4v) is 2.22. The number of aromatic nitrogens is 2. The lowest BCUT2D eigenvalue weighted by Gasteiger charge is -2.11. The number of H-pyrrole nitrogens is 1. The number of nitrogens with one attached hydrogen (secondary N) is 1. The standard InChI is InChI=1S/C16H16N2O/c1-2-11-19-15-6-4-3-5-13(15)12-7-9-17-16-14(12)8-10-18-16/h3-10H,2,11H2,1H3,(H,17,18). The van der Waals surface area contributed by atoms with E-state index >= 15 is 0 Å². The van der Waals surface area contributed by atoms with Crippen LogP contribution in [0.5, 0.6) is 5.75 Å². The number of aromatic amines is 1. The summed E-state index contributed by atoms with van der Waals surface area (Å²) < 4.78 is 5.84. The van der Waals surface area contributed by atoms with E-state index in [-0.39, 0.29) is 0 Å². The zero-order chi connectivity index (χ0) is 13.1. The molecular formula is C16H16N2O. The molecule has 2 heterocycles. The predicted octanol–water partition coefficient (Wildman–Crippen LogP) is 4.02. The van der Waals surface area contributed by atoms with Gasteiger partial charge in [-0.1, -0.05) is 25.1 Å². The van der Waals surface area contributed by atoms with Crippen molar-refractivity contribution in [3.63, 3.8) is 0 Å². The lowest BCUT2D eigenvalue weighted by atomic mass is 10.0. The number of rotatable bonds is 4.